The standard InChI is InChI=1S/C36H22BN3O3/c1-2-9-24(10-3-1)40-29-12-5-4-11-28(29)39-36(40)23-16-18-30-26(21-23)37-27-22-25(41-34-15-6-7-20-38-34)17-19-31(27)43-33-14-8-13-32(42-30)35(33)37/h1-22H. The van der Waals surface area contributed by atoms with Crippen molar-refractivity contribution in [2.24, 2.45) is 0 Å². The molecular formula is C36H22BN3O3. The molecule has 0 unspecified atom stereocenters. The Morgan fingerprint density at radius 3 is 2.19 bits per heavy atom. The maximum Gasteiger partial charge on any atom is 0.260 e. The third kappa shape index (κ3) is 3.82. The predicted molar refractivity (Wildman–Crippen MR) is 169 cm³/mol. The summed E-state index contributed by atoms with van der Waals surface area (Å²) in [5.74, 6) is 5.28. The number of para-hydroxylation sites is 3. The van der Waals surface area contributed by atoms with Gasteiger partial charge in [-0.25, -0.2) is 9.97 Å². The Morgan fingerprint density at radius 1 is 0.628 bits per heavy atom. The van der Waals surface area contributed by atoms with E-state index >= 15 is 0 Å². The number of hydrogen-bond donors (Lipinski definition) is 0. The number of rotatable bonds is 4. The van der Waals surface area contributed by atoms with Crippen LogP contribution in [0.3, 0.4) is 0 Å². The molecule has 2 aliphatic heterocycles. The van der Waals surface area contributed by atoms with E-state index in [4.69, 9.17) is 19.2 Å². The van der Waals surface area contributed by atoms with Gasteiger partial charge in [-0.3, -0.25) is 4.57 Å². The van der Waals surface area contributed by atoms with Gasteiger partial charge in [0.25, 0.3) is 6.71 Å². The minimum Gasteiger partial charge on any atom is -0.458 e. The summed E-state index contributed by atoms with van der Waals surface area (Å²) < 4.78 is 21.3. The Morgan fingerprint density at radius 2 is 1.37 bits per heavy atom. The first-order valence-corrected chi connectivity index (χ1v) is 14.2. The molecule has 0 atom stereocenters. The van der Waals surface area contributed by atoms with Gasteiger partial charge in [0.05, 0.1) is 11.0 Å². The third-order valence-corrected chi connectivity index (χ3v) is 8.06. The topological polar surface area (TPSA) is 58.4 Å². The first kappa shape index (κ1) is 23.8. The zero-order valence-corrected chi connectivity index (χ0v) is 22.8. The van der Waals surface area contributed by atoms with Crippen LogP contribution in [-0.2, 0) is 0 Å². The lowest BCUT2D eigenvalue weighted by Gasteiger charge is -2.33. The lowest BCUT2D eigenvalue weighted by atomic mass is 9.34. The monoisotopic (exact) mass is 555 g/mol. The number of pyridine rings is 1. The molecule has 0 bridgehead atoms. The fraction of sp³-hybridized carbons (Fsp3) is 0. The molecule has 7 heteroatoms. The van der Waals surface area contributed by atoms with Gasteiger partial charge in [0.1, 0.15) is 34.6 Å². The van der Waals surface area contributed by atoms with E-state index in [-0.39, 0.29) is 6.71 Å². The van der Waals surface area contributed by atoms with E-state index in [9.17, 15) is 0 Å². The number of hydrogen-bond acceptors (Lipinski definition) is 5. The summed E-state index contributed by atoms with van der Waals surface area (Å²) in [6, 6.07) is 42.5. The molecule has 0 saturated heterocycles. The van der Waals surface area contributed by atoms with Gasteiger partial charge in [-0.1, -0.05) is 48.5 Å². The fourth-order valence-electron chi connectivity index (χ4n) is 6.20. The second-order valence-electron chi connectivity index (χ2n) is 10.6. The molecule has 0 aliphatic carbocycles. The summed E-state index contributed by atoms with van der Waals surface area (Å²) >= 11 is 0. The fourth-order valence-corrected chi connectivity index (χ4v) is 6.20. The van der Waals surface area contributed by atoms with Crippen LogP contribution in [-0.4, -0.2) is 21.2 Å². The molecule has 4 heterocycles. The molecule has 6 nitrogen and oxygen atoms in total. The van der Waals surface area contributed by atoms with Crippen LogP contribution in [0.5, 0.6) is 34.6 Å². The summed E-state index contributed by atoms with van der Waals surface area (Å²) in [5, 5.41) is 0. The Labute approximate surface area is 247 Å². The van der Waals surface area contributed by atoms with E-state index in [1.165, 1.54) is 0 Å². The van der Waals surface area contributed by atoms with E-state index in [0.717, 1.165) is 67.5 Å². The molecule has 0 N–H and O–H groups in total. The van der Waals surface area contributed by atoms with Crippen LogP contribution in [0, 0.1) is 0 Å². The van der Waals surface area contributed by atoms with Crippen molar-refractivity contribution in [3.05, 3.63) is 134 Å². The SMILES string of the molecule is c1ccc(-n2c(-c3ccc4c(c3)B3c5cc(Oc6ccccn6)ccc5Oc5cccc(c53)O4)nc3ccccc32)cc1. The van der Waals surface area contributed by atoms with Crippen molar-refractivity contribution in [3.63, 3.8) is 0 Å². The summed E-state index contributed by atoms with van der Waals surface area (Å²) in [4.78, 5) is 9.45. The van der Waals surface area contributed by atoms with Crippen LogP contribution >= 0.6 is 0 Å². The highest BCUT2D eigenvalue weighted by atomic mass is 16.5. The molecule has 5 aromatic carbocycles. The molecule has 2 aliphatic rings. The van der Waals surface area contributed by atoms with E-state index in [0.29, 0.717) is 11.6 Å². The van der Waals surface area contributed by atoms with Crippen LogP contribution in [0.25, 0.3) is 28.1 Å². The Hall–Kier alpha value is -5.82. The zero-order chi connectivity index (χ0) is 28.3. The van der Waals surface area contributed by atoms with Crippen LogP contribution < -0.4 is 30.6 Å². The highest BCUT2D eigenvalue weighted by Crippen LogP contribution is 2.37. The molecular weight excluding hydrogens is 533 g/mol. The van der Waals surface area contributed by atoms with Crippen LogP contribution in [0.4, 0.5) is 0 Å². The second kappa shape index (κ2) is 9.36. The predicted octanol–water partition coefficient (Wildman–Crippen LogP) is 6.61. The molecule has 0 amide bonds. The number of nitrogens with zero attached hydrogens (tertiary/aromatic N) is 3. The molecule has 0 spiro atoms. The molecule has 0 saturated carbocycles. The van der Waals surface area contributed by atoms with Crippen molar-refractivity contribution in [1.29, 1.82) is 0 Å². The van der Waals surface area contributed by atoms with Gasteiger partial charge in [-0.05, 0) is 83.7 Å². The van der Waals surface area contributed by atoms with Crippen LogP contribution in [0.1, 0.15) is 0 Å². The van der Waals surface area contributed by atoms with Crippen LogP contribution in [0.2, 0.25) is 0 Å². The highest BCUT2D eigenvalue weighted by molar-refractivity contribution is 6.98. The minimum absolute atomic E-state index is 0.125. The van der Waals surface area contributed by atoms with Gasteiger partial charge >= 0.3 is 0 Å². The lowest BCUT2D eigenvalue weighted by Crippen LogP contribution is -2.57. The highest BCUT2D eigenvalue weighted by Gasteiger charge is 2.40. The maximum absolute atomic E-state index is 6.48. The molecule has 202 valence electrons. The number of benzene rings is 5. The van der Waals surface area contributed by atoms with Crippen molar-refractivity contribution in [2.75, 3.05) is 0 Å². The molecule has 7 aromatic rings. The Kier molecular flexibility index (Phi) is 5.19. The average Bonchev–Trinajstić information content (AvgIpc) is 3.45. The summed E-state index contributed by atoms with van der Waals surface area (Å²) in [7, 11) is 0. The average molecular weight is 555 g/mol. The van der Waals surface area contributed by atoms with Gasteiger partial charge in [0.2, 0.25) is 5.88 Å². The third-order valence-electron chi connectivity index (χ3n) is 8.06. The van der Waals surface area contributed by atoms with Crippen LogP contribution in [0.15, 0.2) is 134 Å². The first-order valence-electron chi connectivity index (χ1n) is 14.2. The van der Waals surface area contributed by atoms with E-state index in [1.807, 2.05) is 60.7 Å². The Balaban J connectivity index is 1.23. The largest absolute Gasteiger partial charge is 0.458 e. The Bertz CT molecular complexity index is 2170. The number of aromatic nitrogens is 3. The van der Waals surface area contributed by atoms with Crippen molar-refractivity contribution in [3.8, 4) is 51.7 Å². The lowest BCUT2D eigenvalue weighted by molar-refractivity contribution is 0.454. The van der Waals surface area contributed by atoms with Crippen molar-refractivity contribution < 1.29 is 14.2 Å². The normalized spacial score (nSPS) is 12.5. The van der Waals surface area contributed by atoms with Crippen molar-refractivity contribution in [2.45, 2.75) is 0 Å². The summed E-state index contributed by atoms with van der Waals surface area (Å²) in [6.07, 6.45) is 1.72. The summed E-state index contributed by atoms with van der Waals surface area (Å²) in [5.41, 5.74) is 7.10. The molecule has 9 rings (SSSR count). The van der Waals surface area contributed by atoms with Gasteiger partial charge in [0.15, 0.2) is 0 Å². The van der Waals surface area contributed by atoms with Gasteiger partial charge < -0.3 is 14.2 Å². The summed E-state index contributed by atoms with van der Waals surface area (Å²) in [6.45, 7) is -0.125. The quantitative estimate of drug-likeness (QED) is 0.229. The minimum atomic E-state index is -0.125. The van der Waals surface area contributed by atoms with E-state index in [2.05, 4.69) is 76.3 Å². The van der Waals surface area contributed by atoms with Crippen molar-refractivity contribution >= 4 is 34.1 Å². The van der Waals surface area contributed by atoms with E-state index in [1.54, 1.807) is 6.20 Å². The van der Waals surface area contributed by atoms with Gasteiger partial charge in [-0.2, -0.15) is 0 Å². The zero-order valence-electron chi connectivity index (χ0n) is 22.8. The molecule has 0 radical (unpaired) electrons. The van der Waals surface area contributed by atoms with Gasteiger partial charge in [-0.15, -0.1) is 0 Å². The molecule has 43 heavy (non-hydrogen) atoms. The first-order chi connectivity index (χ1) is 21.3. The van der Waals surface area contributed by atoms with E-state index < -0.39 is 0 Å². The number of imidazole rings is 1. The molecule has 2 aromatic heterocycles. The molecule has 0 fully saturated rings. The van der Waals surface area contributed by atoms with Crippen molar-refractivity contribution in [1.82, 2.24) is 14.5 Å². The number of ether oxygens (including phenoxy) is 3. The maximum atomic E-state index is 6.48. The van der Waals surface area contributed by atoms with Gasteiger partial charge in [0, 0.05) is 29.0 Å². The second-order valence-corrected chi connectivity index (χ2v) is 10.6. The number of fused-ring (bicyclic) bond motifs is 5. The smallest absolute Gasteiger partial charge is 0.260 e.